The maximum absolute atomic E-state index is 12.1. The summed E-state index contributed by atoms with van der Waals surface area (Å²) in [7, 11) is 2.12. The molecule has 1 amide bonds. The molecule has 33 heavy (non-hydrogen) atoms. The Morgan fingerprint density at radius 2 is 1.91 bits per heavy atom. The van der Waals surface area contributed by atoms with E-state index >= 15 is 0 Å². The molecule has 0 bridgehead atoms. The molecule has 6 nitrogen and oxygen atoms in total. The number of fused-ring (bicyclic) bond motifs is 1. The number of likely N-dealkylation sites (tertiary alicyclic amines) is 1. The first-order chi connectivity index (χ1) is 16.1. The number of hydrogen-bond donors (Lipinski definition) is 0. The summed E-state index contributed by atoms with van der Waals surface area (Å²) in [4.78, 5) is 16.4. The van der Waals surface area contributed by atoms with E-state index in [1.807, 2.05) is 40.8 Å². The van der Waals surface area contributed by atoms with Crippen molar-refractivity contribution in [2.24, 2.45) is 5.92 Å². The summed E-state index contributed by atoms with van der Waals surface area (Å²) in [6.45, 7) is 6.03. The summed E-state index contributed by atoms with van der Waals surface area (Å²) in [5.74, 6) is 1.44. The molecule has 1 saturated heterocycles. The van der Waals surface area contributed by atoms with E-state index in [1.54, 1.807) is 0 Å². The van der Waals surface area contributed by atoms with Gasteiger partial charge in [0, 0.05) is 49.7 Å². The number of furan rings is 1. The van der Waals surface area contributed by atoms with Crippen molar-refractivity contribution in [1.29, 1.82) is 0 Å². The van der Waals surface area contributed by atoms with E-state index in [2.05, 4.69) is 54.5 Å². The first-order valence-electron chi connectivity index (χ1n) is 11.6. The highest BCUT2D eigenvalue weighted by molar-refractivity contribution is 5.82. The highest BCUT2D eigenvalue weighted by atomic mass is 16.3. The van der Waals surface area contributed by atoms with E-state index in [9.17, 15) is 4.79 Å². The Hall–Kier alpha value is -3.38. The average Bonchev–Trinajstić information content (AvgIpc) is 3.50. The summed E-state index contributed by atoms with van der Waals surface area (Å²) in [6.07, 6.45) is 2.77. The van der Waals surface area contributed by atoms with Gasteiger partial charge in [0.05, 0.1) is 6.54 Å². The maximum Gasteiger partial charge on any atom is 0.222 e. The molecule has 0 spiro atoms. The quantitative estimate of drug-likeness (QED) is 0.399. The van der Waals surface area contributed by atoms with Gasteiger partial charge in [-0.3, -0.25) is 9.48 Å². The lowest BCUT2D eigenvalue weighted by Gasteiger charge is -2.20. The predicted molar refractivity (Wildman–Crippen MR) is 130 cm³/mol. The molecule has 1 aliphatic heterocycles. The van der Waals surface area contributed by atoms with Gasteiger partial charge >= 0.3 is 0 Å². The Balaban J connectivity index is 1.40. The number of aromatic nitrogens is 2. The number of carbonyl (C=O) groups is 1. The Kier molecular flexibility index (Phi) is 6.01. The molecule has 0 aliphatic carbocycles. The van der Waals surface area contributed by atoms with E-state index in [0.717, 1.165) is 54.2 Å². The molecule has 0 N–H and O–H groups in total. The number of carbonyl (C=O) groups excluding carboxylic acids is 1. The number of para-hydroxylation sites is 1. The van der Waals surface area contributed by atoms with Crippen LogP contribution in [0, 0.1) is 5.92 Å². The van der Waals surface area contributed by atoms with Crippen LogP contribution < -0.4 is 0 Å². The number of amides is 1. The van der Waals surface area contributed by atoms with Gasteiger partial charge in [-0.1, -0.05) is 48.5 Å². The van der Waals surface area contributed by atoms with Crippen molar-refractivity contribution in [1.82, 2.24) is 19.6 Å². The van der Waals surface area contributed by atoms with Gasteiger partial charge in [-0.2, -0.15) is 5.10 Å². The van der Waals surface area contributed by atoms with Gasteiger partial charge in [0.1, 0.15) is 11.3 Å². The molecular formula is C27H30N4O2. The van der Waals surface area contributed by atoms with Crippen molar-refractivity contribution >= 4 is 16.9 Å². The predicted octanol–water partition coefficient (Wildman–Crippen LogP) is 4.64. The molecular weight excluding hydrogens is 412 g/mol. The van der Waals surface area contributed by atoms with Crippen LogP contribution in [0.3, 0.4) is 0 Å². The van der Waals surface area contributed by atoms with Crippen molar-refractivity contribution < 1.29 is 9.21 Å². The Morgan fingerprint density at radius 1 is 1.12 bits per heavy atom. The molecule has 6 heteroatoms. The summed E-state index contributed by atoms with van der Waals surface area (Å²) in [5.41, 5.74) is 4.09. The monoisotopic (exact) mass is 442 g/mol. The van der Waals surface area contributed by atoms with Crippen LogP contribution in [-0.2, 0) is 17.9 Å². The summed E-state index contributed by atoms with van der Waals surface area (Å²) in [6, 6.07) is 20.5. The number of rotatable bonds is 8. The molecule has 1 fully saturated rings. The third kappa shape index (κ3) is 4.71. The van der Waals surface area contributed by atoms with Crippen LogP contribution in [0.1, 0.15) is 24.5 Å². The first kappa shape index (κ1) is 21.5. The van der Waals surface area contributed by atoms with Gasteiger partial charge < -0.3 is 14.2 Å². The normalized spacial score (nSPS) is 16.4. The average molecular weight is 443 g/mol. The summed E-state index contributed by atoms with van der Waals surface area (Å²) < 4.78 is 8.17. The highest BCUT2D eigenvalue weighted by Gasteiger charge is 2.29. The molecule has 0 saturated carbocycles. The second-order valence-electron chi connectivity index (χ2n) is 9.03. The molecule has 170 valence electrons. The van der Waals surface area contributed by atoms with Gasteiger partial charge in [-0.15, -0.1) is 0 Å². The van der Waals surface area contributed by atoms with Crippen LogP contribution in [0.5, 0.6) is 0 Å². The molecule has 2 aromatic heterocycles. The van der Waals surface area contributed by atoms with E-state index in [4.69, 9.17) is 9.52 Å². The van der Waals surface area contributed by atoms with Crippen molar-refractivity contribution in [2.45, 2.75) is 26.4 Å². The van der Waals surface area contributed by atoms with Crippen molar-refractivity contribution in [3.8, 4) is 11.5 Å². The van der Waals surface area contributed by atoms with Gasteiger partial charge in [0.25, 0.3) is 0 Å². The minimum atomic E-state index is 0.273. The molecule has 4 aromatic rings. The van der Waals surface area contributed by atoms with Crippen LogP contribution in [0.25, 0.3) is 22.4 Å². The van der Waals surface area contributed by atoms with Gasteiger partial charge in [-0.25, -0.2) is 0 Å². The third-order valence-corrected chi connectivity index (χ3v) is 6.37. The molecule has 1 aliphatic rings. The lowest BCUT2D eigenvalue weighted by atomic mass is 10.1. The van der Waals surface area contributed by atoms with E-state index < -0.39 is 0 Å². The number of hydrogen-bond acceptors (Lipinski definition) is 4. The van der Waals surface area contributed by atoms with Crippen LogP contribution in [0.4, 0.5) is 0 Å². The topological polar surface area (TPSA) is 54.5 Å². The van der Waals surface area contributed by atoms with Crippen LogP contribution in [-0.4, -0.2) is 52.2 Å². The number of nitrogens with zero attached hydrogens (tertiary/aromatic N) is 4. The Morgan fingerprint density at radius 3 is 2.67 bits per heavy atom. The van der Waals surface area contributed by atoms with Crippen LogP contribution in [0.15, 0.2) is 71.3 Å². The SMILES string of the molecule is CCN1C[C@@H](CN(C)Cc2cn(Cc3ccccc3)nc2-c2cc3ccccc3o2)CC1=O. The summed E-state index contributed by atoms with van der Waals surface area (Å²) in [5, 5.41) is 6.00. The zero-order chi connectivity index (χ0) is 22.8. The smallest absolute Gasteiger partial charge is 0.222 e. The summed E-state index contributed by atoms with van der Waals surface area (Å²) >= 11 is 0. The third-order valence-electron chi connectivity index (χ3n) is 6.37. The first-order valence-corrected chi connectivity index (χ1v) is 11.6. The van der Waals surface area contributed by atoms with Crippen molar-refractivity contribution in [2.75, 3.05) is 26.7 Å². The fraction of sp³-hybridized carbons (Fsp3) is 0.333. The maximum atomic E-state index is 12.1. The fourth-order valence-electron chi connectivity index (χ4n) is 4.81. The van der Waals surface area contributed by atoms with Gasteiger partial charge in [0.15, 0.2) is 5.76 Å². The standard InChI is InChI=1S/C27H30N4O2/c1-3-30-16-21(13-26(30)32)15-29(2)18-23-19-31(17-20-9-5-4-6-10-20)28-27(23)25-14-22-11-7-8-12-24(22)33-25/h4-12,14,19,21H,3,13,15-18H2,1-2H3/t21-/m1/s1. The zero-order valence-electron chi connectivity index (χ0n) is 19.3. The van der Waals surface area contributed by atoms with E-state index in [0.29, 0.717) is 18.9 Å². The number of benzene rings is 2. The molecule has 5 rings (SSSR count). The van der Waals surface area contributed by atoms with Gasteiger partial charge in [0.2, 0.25) is 5.91 Å². The molecule has 3 heterocycles. The molecule has 0 unspecified atom stereocenters. The molecule has 1 atom stereocenters. The Bertz CT molecular complexity index is 1210. The van der Waals surface area contributed by atoms with E-state index in [-0.39, 0.29) is 5.91 Å². The highest BCUT2D eigenvalue weighted by Crippen LogP contribution is 2.30. The fourth-order valence-corrected chi connectivity index (χ4v) is 4.81. The van der Waals surface area contributed by atoms with E-state index in [1.165, 1.54) is 5.56 Å². The second-order valence-corrected chi connectivity index (χ2v) is 9.03. The lowest BCUT2D eigenvalue weighted by Crippen LogP contribution is -2.28. The largest absolute Gasteiger partial charge is 0.454 e. The second kappa shape index (κ2) is 9.24. The van der Waals surface area contributed by atoms with Crippen LogP contribution >= 0.6 is 0 Å². The van der Waals surface area contributed by atoms with Gasteiger partial charge in [-0.05, 0) is 37.6 Å². The molecule has 0 radical (unpaired) electrons. The minimum Gasteiger partial charge on any atom is -0.454 e. The van der Waals surface area contributed by atoms with Crippen molar-refractivity contribution in [3.63, 3.8) is 0 Å². The minimum absolute atomic E-state index is 0.273. The Labute approximate surface area is 194 Å². The van der Waals surface area contributed by atoms with Crippen LogP contribution in [0.2, 0.25) is 0 Å². The molecule has 2 aromatic carbocycles. The lowest BCUT2D eigenvalue weighted by molar-refractivity contribution is -0.127. The van der Waals surface area contributed by atoms with Crippen molar-refractivity contribution in [3.05, 3.63) is 78.0 Å². The zero-order valence-corrected chi connectivity index (χ0v) is 19.3.